The molecule has 7 nitrogen and oxygen atoms in total. The topological polar surface area (TPSA) is 91.2 Å². The molecule has 1 aromatic carbocycles. The van der Waals surface area contributed by atoms with Crippen LogP contribution in [-0.2, 0) is 6.54 Å². The fraction of sp³-hybridized carbons (Fsp3) is 0.0667. The number of oxazole rings is 1. The fourth-order valence-electron chi connectivity index (χ4n) is 2.05. The molecular weight excluding hydrogens is 322 g/mol. The van der Waals surface area contributed by atoms with Gasteiger partial charge in [0.2, 0.25) is 5.89 Å². The maximum Gasteiger partial charge on any atom is 0.285 e. The maximum absolute atomic E-state index is 11.8. The van der Waals surface area contributed by atoms with E-state index in [9.17, 15) is 14.9 Å². The van der Waals surface area contributed by atoms with Crippen molar-refractivity contribution in [2.45, 2.75) is 6.54 Å². The molecule has 0 saturated heterocycles. The van der Waals surface area contributed by atoms with Crippen molar-refractivity contribution >= 4 is 17.3 Å². The van der Waals surface area contributed by atoms with Crippen molar-refractivity contribution in [1.82, 2.24) is 9.55 Å². The van der Waals surface area contributed by atoms with Crippen molar-refractivity contribution in [2.75, 3.05) is 0 Å². The average molecular weight is 332 g/mol. The van der Waals surface area contributed by atoms with Crippen molar-refractivity contribution in [1.29, 1.82) is 0 Å². The monoisotopic (exact) mass is 331 g/mol. The number of nitrogens with zero attached hydrogens (tertiary/aromatic N) is 3. The number of halogens is 1. The van der Waals surface area contributed by atoms with Crippen LogP contribution >= 0.6 is 11.6 Å². The zero-order valence-electron chi connectivity index (χ0n) is 11.7. The Hall–Kier alpha value is -2.93. The molecule has 0 aliphatic carbocycles. The molecule has 2 heterocycles. The first-order valence-corrected chi connectivity index (χ1v) is 6.96. The highest BCUT2D eigenvalue weighted by molar-refractivity contribution is 6.30. The van der Waals surface area contributed by atoms with E-state index in [1.54, 1.807) is 18.2 Å². The minimum Gasteiger partial charge on any atom is -0.439 e. The minimum absolute atomic E-state index is 0.00107. The summed E-state index contributed by atoms with van der Waals surface area (Å²) in [5, 5.41) is 11.3. The van der Waals surface area contributed by atoms with Crippen LogP contribution in [0.1, 0.15) is 5.89 Å². The summed E-state index contributed by atoms with van der Waals surface area (Å²) >= 11 is 5.93. The SMILES string of the molecule is O=c1ccc([N+](=O)[O-])cn1Cc1ncc(-c2cccc(Cl)c2)o1. The summed E-state index contributed by atoms with van der Waals surface area (Å²) in [6.45, 7) is 0.00107. The largest absolute Gasteiger partial charge is 0.439 e. The quantitative estimate of drug-likeness (QED) is 0.541. The first-order valence-electron chi connectivity index (χ1n) is 6.58. The van der Waals surface area contributed by atoms with Crippen LogP contribution < -0.4 is 5.56 Å². The van der Waals surface area contributed by atoms with E-state index in [-0.39, 0.29) is 23.7 Å². The second kappa shape index (κ2) is 6.05. The Balaban J connectivity index is 1.89. The second-order valence-electron chi connectivity index (χ2n) is 4.74. The Morgan fingerprint density at radius 3 is 2.87 bits per heavy atom. The van der Waals surface area contributed by atoms with Gasteiger partial charge in [-0.1, -0.05) is 23.7 Å². The van der Waals surface area contributed by atoms with E-state index in [0.29, 0.717) is 10.8 Å². The van der Waals surface area contributed by atoms with Gasteiger partial charge in [0, 0.05) is 22.7 Å². The molecule has 0 N–H and O–H groups in total. The Morgan fingerprint density at radius 2 is 2.13 bits per heavy atom. The van der Waals surface area contributed by atoms with Crippen molar-refractivity contribution in [3.63, 3.8) is 0 Å². The minimum atomic E-state index is -0.567. The number of pyridine rings is 1. The first kappa shape index (κ1) is 15.0. The zero-order valence-corrected chi connectivity index (χ0v) is 12.4. The fourth-order valence-corrected chi connectivity index (χ4v) is 2.24. The number of rotatable bonds is 4. The number of nitro groups is 1. The molecule has 0 radical (unpaired) electrons. The Kier molecular flexibility index (Phi) is 3.94. The highest BCUT2D eigenvalue weighted by Gasteiger charge is 2.11. The van der Waals surface area contributed by atoms with Gasteiger partial charge in [-0.15, -0.1) is 0 Å². The molecule has 8 heteroatoms. The standard InChI is InChI=1S/C15H10ClN3O4/c16-11-3-1-2-10(6-11)13-7-17-14(23-13)9-18-8-12(19(21)22)4-5-15(18)20/h1-8H,9H2. The summed E-state index contributed by atoms with van der Waals surface area (Å²) < 4.78 is 6.76. The molecule has 0 bridgehead atoms. The average Bonchev–Trinajstić information content (AvgIpc) is 2.98. The summed E-state index contributed by atoms with van der Waals surface area (Å²) in [5.41, 5.74) is 0.201. The molecule has 0 fully saturated rings. The summed E-state index contributed by atoms with van der Waals surface area (Å²) in [4.78, 5) is 26.1. The summed E-state index contributed by atoms with van der Waals surface area (Å²) in [6.07, 6.45) is 2.68. The van der Waals surface area contributed by atoms with Crippen molar-refractivity contribution < 1.29 is 9.34 Å². The summed E-state index contributed by atoms with van der Waals surface area (Å²) in [6, 6.07) is 9.36. The number of benzene rings is 1. The lowest BCUT2D eigenvalue weighted by Gasteiger charge is -2.02. The van der Waals surface area contributed by atoms with E-state index in [4.69, 9.17) is 16.0 Å². The van der Waals surface area contributed by atoms with E-state index in [2.05, 4.69) is 4.98 Å². The Bertz CT molecular complexity index is 932. The molecule has 0 amide bonds. The molecule has 2 aromatic heterocycles. The van der Waals surface area contributed by atoms with Crippen molar-refractivity contribution in [3.05, 3.63) is 80.2 Å². The van der Waals surface area contributed by atoms with Gasteiger partial charge in [0.05, 0.1) is 17.3 Å². The summed E-state index contributed by atoms with van der Waals surface area (Å²) in [7, 11) is 0. The highest BCUT2D eigenvalue weighted by Crippen LogP contribution is 2.23. The van der Waals surface area contributed by atoms with E-state index < -0.39 is 4.92 Å². The van der Waals surface area contributed by atoms with Gasteiger partial charge in [-0.05, 0) is 12.1 Å². The molecule has 0 atom stereocenters. The predicted molar refractivity (Wildman–Crippen MR) is 83.4 cm³/mol. The van der Waals surface area contributed by atoms with Crippen LogP contribution in [0.3, 0.4) is 0 Å². The molecule has 116 valence electrons. The molecule has 0 spiro atoms. The third-order valence-corrected chi connectivity index (χ3v) is 3.38. The van der Waals surface area contributed by atoms with Gasteiger partial charge < -0.3 is 4.42 Å². The molecule has 3 aromatic rings. The molecule has 23 heavy (non-hydrogen) atoms. The molecule has 0 aliphatic heterocycles. The third-order valence-electron chi connectivity index (χ3n) is 3.15. The van der Waals surface area contributed by atoms with Crippen LogP contribution in [0.2, 0.25) is 5.02 Å². The van der Waals surface area contributed by atoms with E-state index in [1.807, 2.05) is 6.07 Å². The van der Waals surface area contributed by atoms with Crippen LogP contribution in [-0.4, -0.2) is 14.5 Å². The number of aromatic nitrogens is 2. The molecule has 0 saturated carbocycles. The normalized spacial score (nSPS) is 10.7. The zero-order chi connectivity index (χ0) is 16.4. The van der Waals surface area contributed by atoms with Gasteiger partial charge >= 0.3 is 0 Å². The van der Waals surface area contributed by atoms with Crippen LogP contribution in [0.25, 0.3) is 11.3 Å². The van der Waals surface area contributed by atoms with Crippen LogP contribution in [0, 0.1) is 10.1 Å². The molecular formula is C15H10ClN3O4. The van der Waals surface area contributed by atoms with E-state index >= 15 is 0 Å². The van der Waals surface area contributed by atoms with Crippen molar-refractivity contribution in [2.24, 2.45) is 0 Å². The molecule has 3 rings (SSSR count). The number of hydrogen-bond donors (Lipinski definition) is 0. The third kappa shape index (κ3) is 3.29. The van der Waals surface area contributed by atoms with Gasteiger partial charge in [-0.25, -0.2) is 4.98 Å². The van der Waals surface area contributed by atoms with Gasteiger partial charge in [0.15, 0.2) is 5.76 Å². The molecule has 0 unspecified atom stereocenters. The van der Waals surface area contributed by atoms with Gasteiger partial charge in [0.25, 0.3) is 11.2 Å². The first-order chi connectivity index (χ1) is 11.0. The Labute approximate surface area is 134 Å². The lowest BCUT2D eigenvalue weighted by molar-refractivity contribution is -0.385. The maximum atomic E-state index is 11.8. The van der Waals surface area contributed by atoms with E-state index in [0.717, 1.165) is 23.9 Å². The lowest BCUT2D eigenvalue weighted by atomic mass is 10.2. The summed E-state index contributed by atoms with van der Waals surface area (Å²) in [5.74, 6) is 0.767. The smallest absolute Gasteiger partial charge is 0.285 e. The van der Waals surface area contributed by atoms with Crippen molar-refractivity contribution in [3.8, 4) is 11.3 Å². The van der Waals surface area contributed by atoms with E-state index in [1.165, 1.54) is 10.8 Å². The highest BCUT2D eigenvalue weighted by atomic mass is 35.5. The molecule has 0 aliphatic rings. The van der Waals surface area contributed by atoms with Gasteiger partial charge in [-0.2, -0.15) is 0 Å². The number of hydrogen-bond acceptors (Lipinski definition) is 5. The van der Waals surface area contributed by atoms with Gasteiger partial charge in [0.1, 0.15) is 6.54 Å². The second-order valence-corrected chi connectivity index (χ2v) is 5.18. The lowest BCUT2D eigenvalue weighted by Crippen LogP contribution is -2.19. The Morgan fingerprint density at radius 1 is 1.30 bits per heavy atom. The van der Waals surface area contributed by atoms with Crippen LogP contribution in [0.4, 0.5) is 5.69 Å². The predicted octanol–water partition coefficient (Wildman–Crippen LogP) is 3.11. The van der Waals surface area contributed by atoms with Crippen LogP contribution in [0.5, 0.6) is 0 Å². The van der Waals surface area contributed by atoms with Crippen LogP contribution in [0.15, 0.2) is 58.0 Å². The van der Waals surface area contributed by atoms with Gasteiger partial charge in [-0.3, -0.25) is 19.5 Å².